The Bertz CT molecular complexity index is 621. The lowest BCUT2D eigenvalue weighted by Gasteiger charge is -2.18. The van der Waals surface area contributed by atoms with Gasteiger partial charge in [0.2, 0.25) is 0 Å². The number of likely N-dealkylation sites (N-methyl/N-ethyl adjacent to an activating group) is 1. The Morgan fingerprint density at radius 1 is 0.917 bits per heavy atom. The average Bonchev–Trinajstić information content (AvgIpc) is 2.64. The highest BCUT2D eigenvalue weighted by atomic mass is 16.1. The van der Waals surface area contributed by atoms with Crippen LogP contribution in [0, 0.1) is 0 Å². The quantitative estimate of drug-likeness (QED) is 0.765. The summed E-state index contributed by atoms with van der Waals surface area (Å²) in [4.78, 5) is 14.8. The molecule has 2 aromatic carbocycles. The molecule has 0 aliphatic carbocycles. The average molecular weight is 324 g/mol. The predicted octanol–water partition coefficient (Wildman–Crippen LogP) is 3.54. The molecule has 3 nitrogen and oxygen atoms in total. The second-order valence-corrected chi connectivity index (χ2v) is 5.93. The van der Waals surface area contributed by atoms with Crippen molar-refractivity contribution in [2.45, 2.75) is 26.7 Å². The van der Waals surface area contributed by atoms with Crippen LogP contribution in [-0.2, 0) is 12.8 Å². The summed E-state index contributed by atoms with van der Waals surface area (Å²) in [6.07, 6.45) is 1.83. The van der Waals surface area contributed by atoms with Crippen molar-refractivity contribution in [3.05, 3.63) is 71.3 Å². The fraction of sp³-hybridized carbons (Fsp3) is 0.381. The fourth-order valence-electron chi connectivity index (χ4n) is 2.85. The van der Waals surface area contributed by atoms with E-state index in [9.17, 15) is 4.79 Å². The number of carbonyl (C=O) groups excluding carboxylic acids is 1. The standard InChI is InChI=1S/C21H28N2O/c1-3-23(4-2)17-16-22-21(24)20-13-9-8-12-19(20)15-14-18-10-6-5-7-11-18/h5-13H,3-4,14-17H2,1-2H3,(H,22,24). The van der Waals surface area contributed by atoms with Crippen LogP contribution >= 0.6 is 0 Å². The third-order valence-corrected chi connectivity index (χ3v) is 4.40. The maximum absolute atomic E-state index is 12.5. The molecule has 0 fully saturated rings. The van der Waals surface area contributed by atoms with Crippen LogP contribution in [0.5, 0.6) is 0 Å². The number of carbonyl (C=O) groups is 1. The first kappa shape index (κ1) is 18.2. The van der Waals surface area contributed by atoms with Crippen LogP contribution in [0.25, 0.3) is 0 Å². The molecule has 1 N–H and O–H groups in total. The van der Waals surface area contributed by atoms with Gasteiger partial charge in [-0.3, -0.25) is 4.79 Å². The minimum Gasteiger partial charge on any atom is -0.351 e. The normalized spacial score (nSPS) is 10.8. The van der Waals surface area contributed by atoms with Crippen LogP contribution in [0.1, 0.15) is 35.3 Å². The molecule has 3 heteroatoms. The number of hydrogen-bond acceptors (Lipinski definition) is 2. The number of rotatable bonds is 9. The third-order valence-electron chi connectivity index (χ3n) is 4.40. The zero-order valence-corrected chi connectivity index (χ0v) is 14.8. The van der Waals surface area contributed by atoms with Crippen molar-refractivity contribution >= 4 is 5.91 Å². The molecule has 128 valence electrons. The van der Waals surface area contributed by atoms with E-state index >= 15 is 0 Å². The Balaban J connectivity index is 1.93. The van der Waals surface area contributed by atoms with Gasteiger partial charge in [-0.15, -0.1) is 0 Å². The van der Waals surface area contributed by atoms with E-state index in [-0.39, 0.29) is 5.91 Å². The molecule has 24 heavy (non-hydrogen) atoms. The zero-order valence-electron chi connectivity index (χ0n) is 14.8. The van der Waals surface area contributed by atoms with Gasteiger partial charge in [-0.1, -0.05) is 62.4 Å². The summed E-state index contributed by atoms with van der Waals surface area (Å²) >= 11 is 0. The van der Waals surface area contributed by atoms with Gasteiger partial charge >= 0.3 is 0 Å². The van der Waals surface area contributed by atoms with Crippen molar-refractivity contribution in [1.82, 2.24) is 10.2 Å². The second-order valence-electron chi connectivity index (χ2n) is 5.93. The first-order valence-corrected chi connectivity index (χ1v) is 8.87. The Morgan fingerprint density at radius 2 is 1.58 bits per heavy atom. The Kier molecular flexibility index (Phi) is 7.50. The fourth-order valence-corrected chi connectivity index (χ4v) is 2.85. The molecule has 2 aromatic rings. The van der Waals surface area contributed by atoms with E-state index in [1.54, 1.807) is 0 Å². The van der Waals surface area contributed by atoms with E-state index in [1.165, 1.54) is 5.56 Å². The molecule has 0 heterocycles. The lowest BCUT2D eigenvalue weighted by molar-refractivity contribution is 0.0948. The first-order valence-electron chi connectivity index (χ1n) is 8.87. The molecular weight excluding hydrogens is 296 g/mol. The summed E-state index contributed by atoms with van der Waals surface area (Å²) in [5.74, 6) is 0.0332. The number of nitrogens with one attached hydrogen (secondary N) is 1. The van der Waals surface area contributed by atoms with E-state index in [0.717, 1.165) is 43.6 Å². The largest absolute Gasteiger partial charge is 0.351 e. The molecule has 0 saturated carbocycles. The van der Waals surface area contributed by atoms with Crippen molar-refractivity contribution in [1.29, 1.82) is 0 Å². The van der Waals surface area contributed by atoms with Gasteiger partial charge in [0.1, 0.15) is 0 Å². The van der Waals surface area contributed by atoms with Crippen molar-refractivity contribution < 1.29 is 4.79 Å². The van der Waals surface area contributed by atoms with Gasteiger partial charge in [0, 0.05) is 18.7 Å². The molecule has 0 atom stereocenters. The minimum atomic E-state index is 0.0332. The molecule has 0 aliphatic rings. The maximum atomic E-state index is 12.5. The highest BCUT2D eigenvalue weighted by Crippen LogP contribution is 2.12. The van der Waals surface area contributed by atoms with Crippen LogP contribution in [0.15, 0.2) is 54.6 Å². The van der Waals surface area contributed by atoms with Gasteiger partial charge in [-0.2, -0.15) is 0 Å². The predicted molar refractivity (Wildman–Crippen MR) is 100 cm³/mol. The molecule has 0 bridgehead atoms. The van der Waals surface area contributed by atoms with Gasteiger partial charge < -0.3 is 10.2 Å². The lowest BCUT2D eigenvalue weighted by Crippen LogP contribution is -2.35. The lowest BCUT2D eigenvalue weighted by atomic mass is 9.99. The zero-order chi connectivity index (χ0) is 17.2. The number of benzene rings is 2. The molecular formula is C21H28N2O. The van der Waals surface area contributed by atoms with E-state index < -0.39 is 0 Å². The van der Waals surface area contributed by atoms with E-state index in [0.29, 0.717) is 6.54 Å². The molecule has 0 aliphatic heterocycles. The first-order chi connectivity index (χ1) is 11.7. The monoisotopic (exact) mass is 324 g/mol. The SMILES string of the molecule is CCN(CC)CCNC(=O)c1ccccc1CCc1ccccc1. The highest BCUT2D eigenvalue weighted by Gasteiger charge is 2.10. The summed E-state index contributed by atoms with van der Waals surface area (Å²) in [5.41, 5.74) is 3.21. The summed E-state index contributed by atoms with van der Waals surface area (Å²) in [6.45, 7) is 7.90. The number of hydrogen-bond donors (Lipinski definition) is 1. The van der Waals surface area contributed by atoms with Gasteiger partial charge in [0.15, 0.2) is 0 Å². The number of amides is 1. The van der Waals surface area contributed by atoms with Crippen molar-refractivity contribution in [2.24, 2.45) is 0 Å². The van der Waals surface area contributed by atoms with E-state index in [4.69, 9.17) is 0 Å². The van der Waals surface area contributed by atoms with Crippen LogP contribution in [-0.4, -0.2) is 37.0 Å². The third kappa shape index (κ3) is 5.50. The van der Waals surface area contributed by atoms with Gasteiger partial charge in [-0.25, -0.2) is 0 Å². The Hall–Kier alpha value is -2.13. The van der Waals surface area contributed by atoms with E-state index in [2.05, 4.69) is 54.4 Å². The highest BCUT2D eigenvalue weighted by molar-refractivity contribution is 5.95. The number of aryl methyl sites for hydroxylation is 2. The molecule has 1 amide bonds. The van der Waals surface area contributed by atoms with Crippen molar-refractivity contribution in [2.75, 3.05) is 26.2 Å². The minimum absolute atomic E-state index is 0.0332. The molecule has 0 unspecified atom stereocenters. The summed E-state index contributed by atoms with van der Waals surface area (Å²) < 4.78 is 0. The van der Waals surface area contributed by atoms with Crippen LogP contribution in [0.4, 0.5) is 0 Å². The Morgan fingerprint density at radius 3 is 2.29 bits per heavy atom. The van der Waals surface area contributed by atoms with Crippen LogP contribution < -0.4 is 5.32 Å². The maximum Gasteiger partial charge on any atom is 0.251 e. The van der Waals surface area contributed by atoms with Crippen molar-refractivity contribution in [3.63, 3.8) is 0 Å². The molecule has 0 spiro atoms. The Labute approximate surface area is 145 Å². The summed E-state index contributed by atoms with van der Waals surface area (Å²) in [7, 11) is 0. The molecule has 0 saturated heterocycles. The van der Waals surface area contributed by atoms with E-state index in [1.807, 2.05) is 24.3 Å². The van der Waals surface area contributed by atoms with Gasteiger partial charge in [-0.05, 0) is 43.1 Å². The van der Waals surface area contributed by atoms with Gasteiger partial charge in [0.25, 0.3) is 5.91 Å². The summed E-state index contributed by atoms with van der Waals surface area (Å²) in [5, 5.41) is 3.06. The molecule has 2 rings (SSSR count). The molecule has 0 aromatic heterocycles. The van der Waals surface area contributed by atoms with Crippen LogP contribution in [0.2, 0.25) is 0 Å². The topological polar surface area (TPSA) is 32.3 Å². The summed E-state index contributed by atoms with van der Waals surface area (Å²) in [6, 6.07) is 18.3. The van der Waals surface area contributed by atoms with Gasteiger partial charge in [0.05, 0.1) is 0 Å². The smallest absolute Gasteiger partial charge is 0.251 e. The van der Waals surface area contributed by atoms with Crippen LogP contribution in [0.3, 0.4) is 0 Å². The molecule has 0 radical (unpaired) electrons. The van der Waals surface area contributed by atoms with Crippen molar-refractivity contribution in [3.8, 4) is 0 Å². The second kappa shape index (κ2) is 9.89. The number of nitrogens with zero attached hydrogens (tertiary/aromatic N) is 1.